The highest BCUT2D eigenvalue weighted by Gasteiger charge is 2.16. The Morgan fingerprint density at radius 1 is 1.28 bits per heavy atom. The molecule has 1 aromatic carbocycles. The molecule has 25 heavy (non-hydrogen) atoms. The van der Waals surface area contributed by atoms with Gasteiger partial charge < -0.3 is 20.3 Å². The molecule has 0 aliphatic carbocycles. The summed E-state index contributed by atoms with van der Waals surface area (Å²) in [7, 11) is 0. The van der Waals surface area contributed by atoms with Gasteiger partial charge in [-0.15, -0.1) is 0 Å². The highest BCUT2D eigenvalue weighted by molar-refractivity contribution is 5.80. The molecule has 5 heteroatoms. The van der Waals surface area contributed by atoms with Crippen molar-refractivity contribution < 1.29 is 9.53 Å². The van der Waals surface area contributed by atoms with Crippen LogP contribution < -0.4 is 15.4 Å². The van der Waals surface area contributed by atoms with E-state index in [1.807, 2.05) is 19.9 Å². The smallest absolute Gasteiger partial charge is 0.260 e. The van der Waals surface area contributed by atoms with Crippen molar-refractivity contribution in [3.05, 3.63) is 29.3 Å². The quantitative estimate of drug-likeness (QED) is 0.709. The summed E-state index contributed by atoms with van der Waals surface area (Å²) < 4.78 is 5.91. The number of amides is 1. The summed E-state index contributed by atoms with van der Waals surface area (Å²) in [5.74, 6) is 1.20. The highest BCUT2D eigenvalue weighted by atomic mass is 16.5. The lowest BCUT2D eigenvalue weighted by molar-refractivity contribution is -0.127. The Kier molecular flexibility index (Phi) is 7.72. The maximum atomic E-state index is 12.3. The van der Waals surface area contributed by atoms with Gasteiger partial charge in [-0.25, -0.2) is 0 Å². The first-order valence-electron chi connectivity index (χ1n) is 9.45. The zero-order valence-corrected chi connectivity index (χ0v) is 16.1. The lowest BCUT2D eigenvalue weighted by atomic mass is 10.0. The number of carbonyl (C=O) groups excluding carboxylic acids is 1. The monoisotopic (exact) mass is 347 g/mol. The Morgan fingerprint density at radius 3 is 2.68 bits per heavy atom. The van der Waals surface area contributed by atoms with Gasteiger partial charge in [0.1, 0.15) is 5.75 Å². The average Bonchev–Trinajstić information content (AvgIpc) is 2.61. The molecule has 1 aromatic rings. The predicted octanol–water partition coefficient (Wildman–Crippen LogP) is 2.30. The Morgan fingerprint density at radius 2 is 2.00 bits per heavy atom. The summed E-state index contributed by atoms with van der Waals surface area (Å²) in [6.45, 7) is 14.2. The Hall–Kier alpha value is -1.59. The van der Waals surface area contributed by atoms with Crippen molar-refractivity contribution in [3.8, 4) is 5.75 Å². The van der Waals surface area contributed by atoms with E-state index < -0.39 is 6.10 Å². The second-order valence-electron chi connectivity index (χ2n) is 7.18. The summed E-state index contributed by atoms with van der Waals surface area (Å²) in [4.78, 5) is 14.7. The van der Waals surface area contributed by atoms with E-state index in [4.69, 9.17) is 4.74 Å². The van der Waals surface area contributed by atoms with Gasteiger partial charge in [0.05, 0.1) is 0 Å². The SMILES string of the molecule is Cc1ccc(C(C)C)cc1OC(C)C(=O)NCCCN1CCNCC1. The molecule has 0 spiro atoms. The number of nitrogens with one attached hydrogen (secondary N) is 2. The van der Waals surface area contributed by atoms with E-state index in [-0.39, 0.29) is 5.91 Å². The molecule has 0 radical (unpaired) electrons. The number of hydrogen-bond donors (Lipinski definition) is 2. The zero-order chi connectivity index (χ0) is 18.2. The van der Waals surface area contributed by atoms with Crippen molar-refractivity contribution in [3.63, 3.8) is 0 Å². The molecule has 2 rings (SSSR count). The van der Waals surface area contributed by atoms with E-state index in [1.54, 1.807) is 0 Å². The standard InChI is InChI=1S/C20H33N3O2/c1-15(2)18-7-6-16(3)19(14-18)25-17(4)20(24)22-8-5-11-23-12-9-21-10-13-23/h6-7,14-15,17,21H,5,8-13H2,1-4H3,(H,22,24). The molecule has 140 valence electrons. The van der Waals surface area contributed by atoms with E-state index in [0.717, 1.165) is 50.5 Å². The van der Waals surface area contributed by atoms with E-state index >= 15 is 0 Å². The van der Waals surface area contributed by atoms with Crippen LogP contribution in [-0.2, 0) is 4.79 Å². The molecule has 1 amide bonds. The van der Waals surface area contributed by atoms with E-state index in [9.17, 15) is 4.79 Å². The third-order valence-electron chi connectivity index (χ3n) is 4.71. The fraction of sp³-hybridized carbons (Fsp3) is 0.650. The molecule has 5 nitrogen and oxygen atoms in total. The molecule has 0 aromatic heterocycles. The lowest BCUT2D eigenvalue weighted by Crippen LogP contribution is -2.44. The van der Waals surface area contributed by atoms with Gasteiger partial charge in [-0.2, -0.15) is 0 Å². The summed E-state index contributed by atoms with van der Waals surface area (Å²) in [5.41, 5.74) is 2.28. The van der Waals surface area contributed by atoms with Gasteiger partial charge >= 0.3 is 0 Å². The first kappa shape index (κ1) is 19.7. The number of ether oxygens (including phenoxy) is 1. The van der Waals surface area contributed by atoms with Gasteiger partial charge in [0.2, 0.25) is 0 Å². The maximum Gasteiger partial charge on any atom is 0.260 e. The van der Waals surface area contributed by atoms with Crippen LogP contribution in [0.5, 0.6) is 5.75 Å². The Bertz CT molecular complexity index is 554. The second-order valence-corrected chi connectivity index (χ2v) is 7.18. The fourth-order valence-corrected chi connectivity index (χ4v) is 2.94. The molecule has 1 fully saturated rings. The zero-order valence-electron chi connectivity index (χ0n) is 16.1. The average molecular weight is 348 g/mol. The van der Waals surface area contributed by atoms with Crippen LogP contribution in [-0.4, -0.2) is 56.2 Å². The fourth-order valence-electron chi connectivity index (χ4n) is 2.94. The molecule has 0 bridgehead atoms. The molecule has 1 saturated heterocycles. The molecule has 1 heterocycles. The first-order chi connectivity index (χ1) is 12.0. The number of aryl methyl sites for hydroxylation is 1. The van der Waals surface area contributed by atoms with Crippen LogP contribution in [0.15, 0.2) is 18.2 Å². The van der Waals surface area contributed by atoms with Crippen molar-refractivity contribution in [2.45, 2.75) is 46.1 Å². The first-order valence-corrected chi connectivity index (χ1v) is 9.45. The van der Waals surface area contributed by atoms with Crippen LogP contribution in [0, 0.1) is 6.92 Å². The molecule has 1 unspecified atom stereocenters. The Labute approximate surface area is 152 Å². The van der Waals surface area contributed by atoms with E-state index in [0.29, 0.717) is 12.5 Å². The number of benzene rings is 1. The van der Waals surface area contributed by atoms with E-state index in [2.05, 4.69) is 41.5 Å². The minimum absolute atomic E-state index is 0.0466. The van der Waals surface area contributed by atoms with Crippen LogP contribution in [0.1, 0.15) is 44.2 Å². The molecule has 0 saturated carbocycles. The summed E-state index contributed by atoms with van der Waals surface area (Å²) >= 11 is 0. The van der Waals surface area contributed by atoms with Crippen LogP contribution in [0.3, 0.4) is 0 Å². The van der Waals surface area contributed by atoms with Crippen LogP contribution >= 0.6 is 0 Å². The molecule has 1 aliphatic heterocycles. The van der Waals surface area contributed by atoms with Crippen LogP contribution in [0.2, 0.25) is 0 Å². The van der Waals surface area contributed by atoms with Crippen molar-refractivity contribution in [1.29, 1.82) is 0 Å². The van der Waals surface area contributed by atoms with Gasteiger partial charge in [-0.1, -0.05) is 26.0 Å². The number of nitrogens with zero attached hydrogens (tertiary/aromatic N) is 1. The highest BCUT2D eigenvalue weighted by Crippen LogP contribution is 2.25. The van der Waals surface area contributed by atoms with Crippen molar-refractivity contribution in [1.82, 2.24) is 15.5 Å². The minimum Gasteiger partial charge on any atom is -0.481 e. The third kappa shape index (κ3) is 6.33. The van der Waals surface area contributed by atoms with Crippen molar-refractivity contribution >= 4 is 5.91 Å². The summed E-state index contributed by atoms with van der Waals surface area (Å²) in [6, 6.07) is 6.23. The largest absolute Gasteiger partial charge is 0.481 e. The van der Waals surface area contributed by atoms with Gasteiger partial charge in [0, 0.05) is 32.7 Å². The molecule has 1 atom stereocenters. The van der Waals surface area contributed by atoms with Gasteiger partial charge in [0.25, 0.3) is 5.91 Å². The predicted molar refractivity (Wildman–Crippen MR) is 102 cm³/mol. The summed E-state index contributed by atoms with van der Waals surface area (Å²) in [5, 5.41) is 6.34. The normalized spacial score (nSPS) is 16.7. The third-order valence-corrected chi connectivity index (χ3v) is 4.71. The number of rotatable bonds is 8. The number of carbonyl (C=O) groups is 1. The minimum atomic E-state index is -0.486. The topological polar surface area (TPSA) is 53.6 Å². The lowest BCUT2D eigenvalue weighted by Gasteiger charge is -2.27. The van der Waals surface area contributed by atoms with Gasteiger partial charge in [0.15, 0.2) is 6.10 Å². The van der Waals surface area contributed by atoms with Gasteiger partial charge in [-0.3, -0.25) is 4.79 Å². The number of piperazine rings is 1. The molecular weight excluding hydrogens is 314 g/mol. The number of hydrogen-bond acceptors (Lipinski definition) is 4. The second kappa shape index (κ2) is 9.78. The Balaban J connectivity index is 1.75. The molecule has 1 aliphatic rings. The summed E-state index contributed by atoms with van der Waals surface area (Å²) in [6.07, 6.45) is 0.487. The molecular formula is C20H33N3O2. The maximum absolute atomic E-state index is 12.3. The van der Waals surface area contributed by atoms with Crippen molar-refractivity contribution in [2.75, 3.05) is 39.3 Å². The van der Waals surface area contributed by atoms with Crippen molar-refractivity contribution in [2.24, 2.45) is 0 Å². The van der Waals surface area contributed by atoms with Crippen LogP contribution in [0.25, 0.3) is 0 Å². The van der Waals surface area contributed by atoms with Gasteiger partial charge in [-0.05, 0) is 49.9 Å². The van der Waals surface area contributed by atoms with Crippen LogP contribution in [0.4, 0.5) is 0 Å². The molecule has 2 N–H and O–H groups in total. The van der Waals surface area contributed by atoms with E-state index in [1.165, 1.54) is 5.56 Å².